The summed E-state index contributed by atoms with van der Waals surface area (Å²) >= 11 is 0. The molecule has 0 radical (unpaired) electrons. The predicted molar refractivity (Wildman–Crippen MR) is 96.7 cm³/mol. The maximum atomic E-state index is 5.93. The fourth-order valence-electron chi connectivity index (χ4n) is 3.17. The normalized spacial score (nSPS) is 18.7. The summed E-state index contributed by atoms with van der Waals surface area (Å²) in [6.07, 6.45) is 0.354. The number of hydrogen-bond acceptors (Lipinski definition) is 5. The third-order valence-corrected chi connectivity index (χ3v) is 4.26. The van der Waals surface area contributed by atoms with Gasteiger partial charge in [0.2, 0.25) is 0 Å². The van der Waals surface area contributed by atoms with Gasteiger partial charge in [0.05, 0.1) is 25.4 Å². The van der Waals surface area contributed by atoms with E-state index in [0.29, 0.717) is 0 Å². The summed E-state index contributed by atoms with van der Waals surface area (Å²) in [5.74, 6) is 2.68. The van der Waals surface area contributed by atoms with Gasteiger partial charge in [-0.25, -0.2) is 9.67 Å². The number of morpholine rings is 1. The molecule has 1 aliphatic heterocycles. The van der Waals surface area contributed by atoms with Crippen LogP contribution < -0.4 is 4.74 Å². The second-order valence-electron chi connectivity index (χ2n) is 6.93. The largest absolute Gasteiger partial charge is 0.491 e. The molecule has 2 heterocycles. The Morgan fingerprint density at radius 1 is 1.24 bits per heavy atom. The fraction of sp³-hybridized carbons (Fsp3) is 0.579. The minimum Gasteiger partial charge on any atom is -0.491 e. The lowest BCUT2D eigenvalue weighted by Crippen LogP contribution is -2.43. The van der Waals surface area contributed by atoms with E-state index in [4.69, 9.17) is 9.47 Å². The van der Waals surface area contributed by atoms with Crippen LogP contribution in [0.5, 0.6) is 5.75 Å². The van der Waals surface area contributed by atoms with Crippen molar-refractivity contribution in [3.05, 3.63) is 41.5 Å². The van der Waals surface area contributed by atoms with Gasteiger partial charge >= 0.3 is 0 Å². The molecule has 6 nitrogen and oxygen atoms in total. The van der Waals surface area contributed by atoms with Gasteiger partial charge in [-0.3, -0.25) is 4.90 Å². The second kappa shape index (κ2) is 7.97. The van der Waals surface area contributed by atoms with E-state index in [-0.39, 0.29) is 12.2 Å². The molecular formula is C19H28N4O2. The summed E-state index contributed by atoms with van der Waals surface area (Å²) in [4.78, 5) is 6.80. The van der Waals surface area contributed by atoms with Crippen LogP contribution in [0.4, 0.5) is 0 Å². The van der Waals surface area contributed by atoms with Crippen molar-refractivity contribution in [2.24, 2.45) is 0 Å². The molecule has 1 saturated heterocycles. The van der Waals surface area contributed by atoms with E-state index in [1.54, 1.807) is 0 Å². The predicted octanol–water partition coefficient (Wildman–Crippen LogP) is 2.58. The highest BCUT2D eigenvalue weighted by molar-refractivity contribution is 5.27. The van der Waals surface area contributed by atoms with E-state index in [9.17, 15) is 0 Å². The Labute approximate surface area is 149 Å². The number of ether oxygens (including phenoxy) is 2. The van der Waals surface area contributed by atoms with E-state index in [0.717, 1.165) is 50.2 Å². The average molecular weight is 344 g/mol. The summed E-state index contributed by atoms with van der Waals surface area (Å²) in [6, 6.07) is 8.39. The van der Waals surface area contributed by atoms with Gasteiger partial charge in [-0.05, 0) is 45.4 Å². The van der Waals surface area contributed by atoms with Gasteiger partial charge in [0.25, 0.3) is 0 Å². The molecular weight excluding hydrogens is 316 g/mol. The summed E-state index contributed by atoms with van der Waals surface area (Å²) in [6.45, 7) is 12.3. The topological polar surface area (TPSA) is 52.4 Å². The SMILES string of the molecule is Cc1nc(C)n(C[C@H]2CN(Cc3ccc(OC(C)C)cc3)CCO2)n1. The van der Waals surface area contributed by atoms with Crippen molar-refractivity contribution in [2.75, 3.05) is 19.7 Å². The van der Waals surface area contributed by atoms with E-state index < -0.39 is 0 Å². The molecule has 2 aromatic rings. The third kappa shape index (κ3) is 5.03. The Balaban J connectivity index is 1.55. The lowest BCUT2D eigenvalue weighted by atomic mass is 10.2. The Morgan fingerprint density at radius 3 is 2.64 bits per heavy atom. The molecule has 136 valence electrons. The zero-order chi connectivity index (χ0) is 17.8. The van der Waals surface area contributed by atoms with Crippen LogP contribution >= 0.6 is 0 Å². The number of rotatable bonds is 6. The number of hydrogen-bond donors (Lipinski definition) is 0. The molecule has 1 aromatic carbocycles. The molecule has 0 bridgehead atoms. The van der Waals surface area contributed by atoms with Crippen LogP contribution in [-0.2, 0) is 17.8 Å². The van der Waals surface area contributed by atoms with Crippen molar-refractivity contribution >= 4 is 0 Å². The Morgan fingerprint density at radius 2 is 2.00 bits per heavy atom. The highest BCUT2D eigenvalue weighted by Gasteiger charge is 2.22. The first-order chi connectivity index (χ1) is 12.0. The van der Waals surface area contributed by atoms with Crippen LogP contribution in [0.1, 0.15) is 31.1 Å². The molecule has 0 saturated carbocycles. The molecule has 0 N–H and O–H groups in total. The molecule has 1 atom stereocenters. The molecule has 1 fully saturated rings. The van der Waals surface area contributed by atoms with Crippen LogP contribution in [0, 0.1) is 13.8 Å². The molecule has 6 heteroatoms. The molecule has 0 spiro atoms. The van der Waals surface area contributed by atoms with Crippen LogP contribution in [-0.4, -0.2) is 51.6 Å². The van der Waals surface area contributed by atoms with Gasteiger partial charge in [-0.15, -0.1) is 0 Å². The van der Waals surface area contributed by atoms with Gasteiger partial charge in [0.1, 0.15) is 17.4 Å². The lowest BCUT2D eigenvalue weighted by molar-refractivity contribution is -0.0405. The standard InChI is InChI=1S/C19H28N4O2/c1-14(2)25-18-7-5-17(6-8-18)11-22-9-10-24-19(12-22)13-23-16(4)20-15(3)21-23/h5-8,14,19H,9-13H2,1-4H3/t19-/m1/s1. The first kappa shape index (κ1) is 17.9. The molecule has 0 amide bonds. The zero-order valence-electron chi connectivity index (χ0n) is 15.6. The highest BCUT2D eigenvalue weighted by atomic mass is 16.5. The maximum Gasteiger partial charge on any atom is 0.147 e. The van der Waals surface area contributed by atoms with Gasteiger partial charge in [0.15, 0.2) is 0 Å². The van der Waals surface area contributed by atoms with Crippen molar-refractivity contribution in [3.8, 4) is 5.75 Å². The number of nitrogens with zero attached hydrogens (tertiary/aromatic N) is 4. The van der Waals surface area contributed by atoms with Crippen molar-refractivity contribution < 1.29 is 9.47 Å². The molecule has 1 aromatic heterocycles. The monoisotopic (exact) mass is 344 g/mol. The summed E-state index contributed by atoms with van der Waals surface area (Å²) in [7, 11) is 0. The quantitative estimate of drug-likeness (QED) is 0.806. The van der Waals surface area contributed by atoms with E-state index >= 15 is 0 Å². The number of benzene rings is 1. The third-order valence-electron chi connectivity index (χ3n) is 4.26. The van der Waals surface area contributed by atoms with Crippen LogP contribution in [0.2, 0.25) is 0 Å². The number of aromatic nitrogens is 3. The first-order valence-electron chi connectivity index (χ1n) is 8.97. The lowest BCUT2D eigenvalue weighted by Gasteiger charge is -2.33. The maximum absolute atomic E-state index is 5.93. The van der Waals surface area contributed by atoms with E-state index in [1.807, 2.05) is 32.4 Å². The van der Waals surface area contributed by atoms with Gasteiger partial charge in [0, 0.05) is 19.6 Å². The Bertz CT molecular complexity index is 681. The molecule has 25 heavy (non-hydrogen) atoms. The first-order valence-corrected chi connectivity index (χ1v) is 8.97. The molecule has 0 aliphatic carbocycles. The molecule has 3 rings (SSSR count). The zero-order valence-corrected chi connectivity index (χ0v) is 15.6. The van der Waals surface area contributed by atoms with Crippen LogP contribution in [0.3, 0.4) is 0 Å². The Hall–Kier alpha value is -1.92. The summed E-state index contributed by atoms with van der Waals surface area (Å²) in [5.41, 5.74) is 1.30. The van der Waals surface area contributed by atoms with Crippen LogP contribution in [0.15, 0.2) is 24.3 Å². The Kier molecular flexibility index (Phi) is 5.71. The van der Waals surface area contributed by atoms with Crippen molar-refractivity contribution in [3.63, 3.8) is 0 Å². The van der Waals surface area contributed by atoms with Crippen LogP contribution in [0.25, 0.3) is 0 Å². The van der Waals surface area contributed by atoms with E-state index in [2.05, 4.69) is 39.2 Å². The van der Waals surface area contributed by atoms with Gasteiger partial charge in [-0.1, -0.05) is 12.1 Å². The van der Waals surface area contributed by atoms with Gasteiger partial charge < -0.3 is 9.47 Å². The van der Waals surface area contributed by atoms with Gasteiger partial charge in [-0.2, -0.15) is 5.10 Å². The van der Waals surface area contributed by atoms with Crippen molar-refractivity contribution in [1.82, 2.24) is 19.7 Å². The number of aryl methyl sites for hydroxylation is 2. The minimum atomic E-state index is 0.150. The summed E-state index contributed by atoms with van der Waals surface area (Å²) in [5, 5.41) is 4.44. The van der Waals surface area contributed by atoms with Crippen molar-refractivity contribution in [2.45, 2.75) is 53.0 Å². The minimum absolute atomic E-state index is 0.150. The molecule has 0 unspecified atom stereocenters. The summed E-state index contributed by atoms with van der Waals surface area (Å²) < 4.78 is 13.6. The smallest absolute Gasteiger partial charge is 0.147 e. The molecule has 1 aliphatic rings. The second-order valence-corrected chi connectivity index (χ2v) is 6.93. The fourth-order valence-corrected chi connectivity index (χ4v) is 3.17. The van der Waals surface area contributed by atoms with Crippen molar-refractivity contribution in [1.29, 1.82) is 0 Å². The van der Waals surface area contributed by atoms with E-state index in [1.165, 1.54) is 5.56 Å². The average Bonchev–Trinajstić information content (AvgIpc) is 2.87. The highest BCUT2D eigenvalue weighted by Crippen LogP contribution is 2.17.